The largest absolute Gasteiger partial charge is 0.325 e. The maximum Gasteiger partial charge on any atom is 0.251 e. The van der Waals surface area contributed by atoms with Gasteiger partial charge < -0.3 is 5.73 Å². The van der Waals surface area contributed by atoms with Crippen LogP contribution < -0.4 is 5.73 Å². The maximum atomic E-state index is 5.56. The highest BCUT2D eigenvalue weighted by Gasteiger charge is 2.06. The Morgan fingerprint density at radius 3 is 2.94 bits per heavy atom. The van der Waals surface area contributed by atoms with E-state index >= 15 is 0 Å². The molecule has 3 aromatic rings. The van der Waals surface area contributed by atoms with Crippen LogP contribution in [0.1, 0.15) is 5.69 Å². The standard InChI is InChI=1S/C12H11N5/c13-7-10-5-6-14-12(16-10)17-11-4-2-1-3-9(11)8-15-17/h1-6,8H,7,13H2. The second-order valence-electron chi connectivity index (χ2n) is 3.67. The van der Waals surface area contributed by atoms with Crippen molar-refractivity contribution < 1.29 is 0 Å². The zero-order chi connectivity index (χ0) is 11.7. The van der Waals surface area contributed by atoms with Gasteiger partial charge in [-0.25, -0.2) is 9.97 Å². The Bertz CT molecular complexity index is 659. The van der Waals surface area contributed by atoms with Crippen molar-refractivity contribution in [2.75, 3.05) is 0 Å². The van der Waals surface area contributed by atoms with Gasteiger partial charge in [0.25, 0.3) is 5.95 Å². The monoisotopic (exact) mass is 225 g/mol. The highest BCUT2D eigenvalue weighted by atomic mass is 15.3. The molecular weight excluding hydrogens is 214 g/mol. The lowest BCUT2D eigenvalue weighted by atomic mass is 10.3. The van der Waals surface area contributed by atoms with Crippen LogP contribution in [0.25, 0.3) is 16.9 Å². The van der Waals surface area contributed by atoms with Gasteiger partial charge in [-0.05, 0) is 12.1 Å². The van der Waals surface area contributed by atoms with Gasteiger partial charge in [-0.1, -0.05) is 18.2 Å². The Morgan fingerprint density at radius 1 is 1.18 bits per heavy atom. The number of nitrogens with two attached hydrogens (primary N) is 1. The van der Waals surface area contributed by atoms with Crippen molar-refractivity contribution in [3.05, 3.63) is 48.4 Å². The fraction of sp³-hybridized carbons (Fsp3) is 0.0833. The predicted molar refractivity (Wildman–Crippen MR) is 64.6 cm³/mol. The van der Waals surface area contributed by atoms with Crippen molar-refractivity contribution in [1.82, 2.24) is 19.7 Å². The molecule has 0 saturated carbocycles. The molecule has 0 amide bonds. The Hall–Kier alpha value is -2.27. The molecule has 5 heteroatoms. The lowest BCUT2D eigenvalue weighted by Crippen LogP contribution is -2.07. The molecule has 1 aromatic carbocycles. The van der Waals surface area contributed by atoms with E-state index in [1.807, 2.05) is 24.3 Å². The molecule has 0 radical (unpaired) electrons. The molecule has 5 nitrogen and oxygen atoms in total. The molecule has 2 N–H and O–H groups in total. The molecule has 2 aromatic heterocycles. The van der Waals surface area contributed by atoms with Crippen LogP contribution in [0.15, 0.2) is 42.7 Å². The van der Waals surface area contributed by atoms with Crippen molar-refractivity contribution in [3.63, 3.8) is 0 Å². The Kier molecular flexibility index (Phi) is 2.31. The topological polar surface area (TPSA) is 69.6 Å². The minimum Gasteiger partial charge on any atom is -0.325 e. The molecule has 84 valence electrons. The first-order valence-electron chi connectivity index (χ1n) is 5.33. The third kappa shape index (κ3) is 1.66. The van der Waals surface area contributed by atoms with Crippen LogP contribution in [-0.4, -0.2) is 19.7 Å². The summed E-state index contributed by atoms with van der Waals surface area (Å²) in [5, 5.41) is 5.36. The Morgan fingerprint density at radius 2 is 2.06 bits per heavy atom. The zero-order valence-corrected chi connectivity index (χ0v) is 9.11. The minimum absolute atomic E-state index is 0.398. The SMILES string of the molecule is NCc1ccnc(-n2ncc3ccccc32)n1. The van der Waals surface area contributed by atoms with Crippen LogP contribution in [0.3, 0.4) is 0 Å². The van der Waals surface area contributed by atoms with E-state index < -0.39 is 0 Å². The summed E-state index contributed by atoms with van der Waals surface area (Å²) in [4.78, 5) is 8.56. The van der Waals surface area contributed by atoms with Gasteiger partial charge in [0.15, 0.2) is 0 Å². The van der Waals surface area contributed by atoms with Crippen LogP contribution in [-0.2, 0) is 6.54 Å². The van der Waals surface area contributed by atoms with Gasteiger partial charge in [0, 0.05) is 18.1 Å². The van der Waals surface area contributed by atoms with Crippen molar-refractivity contribution in [3.8, 4) is 5.95 Å². The lowest BCUT2D eigenvalue weighted by molar-refractivity contribution is 0.811. The summed E-state index contributed by atoms with van der Waals surface area (Å²) in [6.45, 7) is 0.398. The highest BCUT2D eigenvalue weighted by molar-refractivity contribution is 5.79. The van der Waals surface area contributed by atoms with Gasteiger partial charge in [-0.3, -0.25) is 0 Å². The maximum absolute atomic E-state index is 5.56. The summed E-state index contributed by atoms with van der Waals surface area (Å²) in [5.74, 6) is 0.550. The molecule has 0 aliphatic heterocycles. The van der Waals surface area contributed by atoms with Gasteiger partial charge in [0.1, 0.15) is 0 Å². The number of para-hydroxylation sites is 1. The molecule has 0 unspecified atom stereocenters. The molecular formula is C12H11N5. The van der Waals surface area contributed by atoms with Crippen molar-refractivity contribution in [1.29, 1.82) is 0 Å². The number of nitrogens with zero attached hydrogens (tertiary/aromatic N) is 4. The van der Waals surface area contributed by atoms with E-state index in [0.717, 1.165) is 16.6 Å². The molecule has 0 fully saturated rings. The van der Waals surface area contributed by atoms with E-state index in [2.05, 4.69) is 15.1 Å². The average Bonchev–Trinajstić information content (AvgIpc) is 2.82. The van der Waals surface area contributed by atoms with Gasteiger partial charge >= 0.3 is 0 Å². The fourth-order valence-corrected chi connectivity index (χ4v) is 1.73. The zero-order valence-electron chi connectivity index (χ0n) is 9.11. The van der Waals surface area contributed by atoms with Crippen molar-refractivity contribution in [2.24, 2.45) is 5.73 Å². The molecule has 3 rings (SSSR count). The van der Waals surface area contributed by atoms with Gasteiger partial charge in [-0.15, -0.1) is 0 Å². The fourth-order valence-electron chi connectivity index (χ4n) is 1.73. The first kappa shape index (κ1) is 9.92. The number of rotatable bonds is 2. The quantitative estimate of drug-likeness (QED) is 0.713. The Balaban J connectivity index is 2.20. The van der Waals surface area contributed by atoms with Gasteiger partial charge in [-0.2, -0.15) is 9.78 Å². The van der Waals surface area contributed by atoms with E-state index in [-0.39, 0.29) is 0 Å². The van der Waals surface area contributed by atoms with E-state index in [1.54, 1.807) is 23.1 Å². The number of hydrogen-bond acceptors (Lipinski definition) is 4. The molecule has 0 bridgehead atoms. The second-order valence-corrected chi connectivity index (χ2v) is 3.67. The number of hydrogen-bond donors (Lipinski definition) is 1. The molecule has 0 aliphatic carbocycles. The highest BCUT2D eigenvalue weighted by Crippen LogP contribution is 2.15. The average molecular weight is 225 g/mol. The first-order valence-corrected chi connectivity index (χ1v) is 5.33. The van der Waals surface area contributed by atoms with Crippen LogP contribution in [0.2, 0.25) is 0 Å². The first-order chi connectivity index (χ1) is 8.38. The minimum atomic E-state index is 0.398. The lowest BCUT2D eigenvalue weighted by Gasteiger charge is -2.02. The van der Waals surface area contributed by atoms with E-state index in [1.165, 1.54) is 0 Å². The molecule has 0 saturated heterocycles. The van der Waals surface area contributed by atoms with Gasteiger partial charge in [0.05, 0.1) is 17.4 Å². The summed E-state index contributed by atoms with van der Waals surface area (Å²) in [5.41, 5.74) is 7.35. The predicted octanol–water partition coefficient (Wildman–Crippen LogP) is 1.27. The molecule has 2 heterocycles. The second kappa shape index (κ2) is 3.95. The summed E-state index contributed by atoms with van der Waals surface area (Å²) >= 11 is 0. The summed E-state index contributed by atoms with van der Waals surface area (Å²) in [6.07, 6.45) is 3.49. The van der Waals surface area contributed by atoms with Crippen molar-refractivity contribution in [2.45, 2.75) is 6.54 Å². The van der Waals surface area contributed by atoms with Crippen LogP contribution in [0.5, 0.6) is 0 Å². The Labute approximate surface area is 97.9 Å². The van der Waals surface area contributed by atoms with E-state index in [0.29, 0.717) is 12.5 Å². The van der Waals surface area contributed by atoms with Gasteiger partial charge in [0.2, 0.25) is 0 Å². The normalized spacial score (nSPS) is 10.9. The van der Waals surface area contributed by atoms with E-state index in [9.17, 15) is 0 Å². The third-order valence-electron chi connectivity index (χ3n) is 2.58. The van der Waals surface area contributed by atoms with Crippen LogP contribution in [0, 0.1) is 0 Å². The number of aromatic nitrogens is 4. The van der Waals surface area contributed by atoms with E-state index in [4.69, 9.17) is 5.73 Å². The smallest absolute Gasteiger partial charge is 0.251 e. The molecule has 0 spiro atoms. The molecule has 17 heavy (non-hydrogen) atoms. The summed E-state index contributed by atoms with van der Waals surface area (Å²) < 4.78 is 1.72. The third-order valence-corrected chi connectivity index (χ3v) is 2.58. The van der Waals surface area contributed by atoms with Crippen LogP contribution >= 0.6 is 0 Å². The van der Waals surface area contributed by atoms with Crippen LogP contribution in [0.4, 0.5) is 0 Å². The summed E-state index contributed by atoms with van der Waals surface area (Å²) in [6, 6.07) is 9.74. The summed E-state index contributed by atoms with van der Waals surface area (Å²) in [7, 11) is 0. The number of fused-ring (bicyclic) bond motifs is 1. The number of benzene rings is 1. The molecule has 0 aliphatic rings. The van der Waals surface area contributed by atoms with Crippen molar-refractivity contribution >= 4 is 10.9 Å². The molecule has 0 atom stereocenters.